The molecule has 1 unspecified atom stereocenters. The van der Waals surface area contributed by atoms with Gasteiger partial charge in [-0.2, -0.15) is 0 Å². The molecule has 0 fully saturated rings. The number of amides is 2. The van der Waals surface area contributed by atoms with Gasteiger partial charge in [0.2, 0.25) is 11.8 Å². The topological polar surface area (TPSA) is 114 Å². The van der Waals surface area contributed by atoms with E-state index in [1.807, 2.05) is 34.6 Å². The van der Waals surface area contributed by atoms with Gasteiger partial charge in [-0.25, -0.2) is 10.3 Å². The van der Waals surface area contributed by atoms with Crippen molar-refractivity contribution in [2.24, 2.45) is 23.2 Å². The number of hydrogen-bond donors (Lipinski definition) is 3. The molecule has 152 valence electrons. The average molecular weight is 374 g/mol. The molecular formula is C18H34N2O6. The Hall–Kier alpha value is -1.67. The monoisotopic (exact) mass is 374 g/mol. The van der Waals surface area contributed by atoms with E-state index >= 15 is 0 Å². The number of methoxy groups -OCH3 is 1. The minimum Gasteiger partial charge on any atom is -0.462 e. The molecule has 0 rings (SSSR count). The number of carbonyl (C=O) groups excluding carboxylic acids is 3. The zero-order valence-electron chi connectivity index (χ0n) is 16.9. The fourth-order valence-electron chi connectivity index (χ4n) is 2.52. The summed E-state index contributed by atoms with van der Waals surface area (Å²) in [4.78, 5) is 37.0. The normalized spacial score (nSPS) is 15.1. The Morgan fingerprint density at radius 2 is 1.62 bits per heavy atom. The van der Waals surface area contributed by atoms with Crippen LogP contribution in [0, 0.1) is 23.2 Å². The summed E-state index contributed by atoms with van der Waals surface area (Å²) < 4.78 is 10.0. The Morgan fingerprint density at radius 3 is 2.04 bits per heavy atom. The highest BCUT2D eigenvalue weighted by Crippen LogP contribution is 2.25. The highest BCUT2D eigenvalue weighted by molar-refractivity contribution is 5.90. The number of hydrogen-bond acceptors (Lipinski definition) is 6. The smallest absolute Gasteiger partial charge is 0.329 e. The zero-order chi connectivity index (χ0) is 20.5. The summed E-state index contributed by atoms with van der Waals surface area (Å²) in [6.45, 7) is 11.2. The van der Waals surface area contributed by atoms with Gasteiger partial charge in [0.05, 0.1) is 6.61 Å². The second-order valence-electron chi connectivity index (χ2n) is 7.97. The van der Waals surface area contributed by atoms with Gasteiger partial charge in [0.1, 0.15) is 12.6 Å². The van der Waals surface area contributed by atoms with Crippen molar-refractivity contribution < 1.29 is 29.1 Å². The van der Waals surface area contributed by atoms with Crippen LogP contribution in [-0.4, -0.2) is 49.4 Å². The molecule has 8 nitrogen and oxygen atoms in total. The molecule has 0 aromatic rings. The second-order valence-corrected chi connectivity index (χ2v) is 7.97. The lowest BCUT2D eigenvalue weighted by atomic mass is 9.83. The molecule has 0 saturated carbocycles. The van der Waals surface area contributed by atoms with Gasteiger partial charge >= 0.3 is 5.97 Å². The summed E-state index contributed by atoms with van der Waals surface area (Å²) in [5.74, 6) is -2.88. The minimum atomic E-state index is -0.870. The molecule has 0 aliphatic carbocycles. The van der Waals surface area contributed by atoms with Crippen LogP contribution in [0.2, 0.25) is 0 Å². The lowest BCUT2D eigenvalue weighted by molar-refractivity contribution is -0.153. The predicted molar refractivity (Wildman–Crippen MR) is 96.3 cm³/mol. The molecule has 26 heavy (non-hydrogen) atoms. The Morgan fingerprint density at radius 1 is 1.04 bits per heavy atom. The van der Waals surface area contributed by atoms with Crippen molar-refractivity contribution in [1.82, 2.24) is 10.8 Å². The number of ether oxygens (including phenoxy) is 2. The van der Waals surface area contributed by atoms with Crippen LogP contribution in [0.15, 0.2) is 0 Å². The summed E-state index contributed by atoms with van der Waals surface area (Å²) in [6, 6.07) is -0.870. The molecule has 3 atom stereocenters. The van der Waals surface area contributed by atoms with E-state index in [1.165, 1.54) is 7.11 Å². The van der Waals surface area contributed by atoms with Crippen LogP contribution in [0.5, 0.6) is 0 Å². The maximum absolute atomic E-state index is 12.8. The molecule has 0 spiro atoms. The Balaban J connectivity index is 5.32. The maximum atomic E-state index is 12.8. The summed E-state index contributed by atoms with van der Waals surface area (Å²) in [6.07, 6.45) is 0.440. The van der Waals surface area contributed by atoms with Gasteiger partial charge in [0.25, 0.3) is 0 Å². The van der Waals surface area contributed by atoms with Crippen molar-refractivity contribution in [3.63, 3.8) is 0 Å². The molecule has 0 heterocycles. The van der Waals surface area contributed by atoms with Crippen molar-refractivity contribution in [2.75, 3.05) is 20.3 Å². The molecule has 0 aliphatic heterocycles. The third-order valence-electron chi connectivity index (χ3n) is 4.11. The van der Waals surface area contributed by atoms with Gasteiger partial charge < -0.3 is 14.8 Å². The van der Waals surface area contributed by atoms with Gasteiger partial charge in [0.15, 0.2) is 0 Å². The lowest BCUT2D eigenvalue weighted by Gasteiger charge is -2.32. The number of rotatable bonds is 10. The second kappa shape index (κ2) is 11.1. The van der Waals surface area contributed by atoms with E-state index in [0.29, 0.717) is 6.42 Å². The van der Waals surface area contributed by atoms with Gasteiger partial charge in [-0.05, 0) is 17.8 Å². The van der Waals surface area contributed by atoms with Gasteiger partial charge in [0, 0.05) is 18.9 Å². The van der Waals surface area contributed by atoms with Gasteiger partial charge in [-0.1, -0.05) is 41.5 Å². The number of hydroxylamine groups is 1. The van der Waals surface area contributed by atoms with E-state index in [4.69, 9.17) is 14.7 Å². The fourth-order valence-corrected chi connectivity index (χ4v) is 2.52. The van der Waals surface area contributed by atoms with Crippen LogP contribution >= 0.6 is 0 Å². The van der Waals surface area contributed by atoms with Crippen molar-refractivity contribution in [3.05, 3.63) is 0 Å². The first-order chi connectivity index (χ1) is 11.9. The fraction of sp³-hybridized carbons (Fsp3) is 0.833. The first-order valence-electron chi connectivity index (χ1n) is 8.85. The first kappa shape index (κ1) is 24.3. The third kappa shape index (κ3) is 8.14. The molecule has 3 N–H and O–H groups in total. The summed E-state index contributed by atoms with van der Waals surface area (Å²) in [5.41, 5.74) is 1.01. The van der Waals surface area contributed by atoms with Crippen molar-refractivity contribution in [1.29, 1.82) is 0 Å². The number of nitrogens with one attached hydrogen (secondary N) is 2. The quantitative estimate of drug-likeness (QED) is 0.231. The lowest BCUT2D eigenvalue weighted by Crippen LogP contribution is -2.53. The molecule has 0 aromatic heterocycles. The van der Waals surface area contributed by atoms with E-state index in [2.05, 4.69) is 5.32 Å². The van der Waals surface area contributed by atoms with Crippen LogP contribution in [0.3, 0.4) is 0 Å². The number of esters is 1. The van der Waals surface area contributed by atoms with E-state index in [9.17, 15) is 14.4 Å². The molecule has 0 bridgehead atoms. The minimum absolute atomic E-state index is 0.0938. The molecule has 8 heteroatoms. The molecule has 0 aromatic carbocycles. The predicted octanol–water partition coefficient (Wildman–Crippen LogP) is 1.51. The average Bonchev–Trinajstić information content (AvgIpc) is 2.54. The van der Waals surface area contributed by atoms with Crippen LogP contribution in [-0.2, 0) is 23.9 Å². The highest BCUT2D eigenvalue weighted by atomic mass is 16.6. The first-order valence-corrected chi connectivity index (χ1v) is 8.85. The van der Waals surface area contributed by atoms with E-state index < -0.39 is 41.1 Å². The van der Waals surface area contributed by atoms with Crippen LogP contribution in [0.4, 0.5) is 0 Å². The van der Waals surface area contributed by atoms with Crippen LogP contribution in [0.1, 0.15) is 48.0 Å². The van der Waals surface area contributed by atoms with E-state index in [0.717, 1.165) is 0 Å². The van der Waals surface area contributed by atoms with Crippen molar-refractivity contribution >= 4 is 17.8 Å². The largest absolute Gasteiger partial charge is 0.462 e. The van der Waals surface area contributed by atoms with E-state index in [1.54, 1.807) is 12.4 Å². The van der Waals surface area contributed by atoms with Crippen LogP contribution in [0.25, 0.3) is 0 Å². The Kier molecular flexibility index (Phi) is 10.4. The SMILES string of the molecule is COCCOC(=O)[C@@H](NC(=O)C(CC(C)C)[C@H](C)C(=O)NO)C(C)(C)C. The van der Waals surface area contributed by atoms with Crippen LogP contribution < -0.4 is 10.8 Å². The summed E-state index contributed by atoms with van der Waals surface area (Å²) in [7, 11) is 1.50. The third-order valence-corrected chi connectivity index (χ3v) is 4.11. The summed E-state index contributed by atoms with van der Waals surface area (Å²) >= 11 is 0. The standard InChI is InChI=1S/C18H34N2O6/c1-11(2)10-13(12(3)15(21)20-24)16(22)19-14(18(4,5)6)17(23)26-9-8-25-7/h11-14,24H,8-10H2,1-7H3,(H,19,22)(H,20,21)/t12-,13?,14+/m0/s1. The van der Waals surface area contributed by atoms with Crippen molar-refractivity contribution in [2.45, 2.75) is 54.0 Å². The molecule has 0 saturated heterocycles. The van der Waals surface area contributed by atoms with Gasteiger partial charge in [-0.3, -0.25) is 14.8 Å². The molecular weight excluding hydrogens is 340 g/mol. The van der Waals surface area contributed by atoms with E-state index in [-0.39, 0.29) is 19.1 Å². The molecule has 0 radical (unpaired) electrons. The Labute approximate surface area is 156 Å². The summed E-state index contributed by atoms with van der Waals surface area (Å²) in [5, 5.41) is 11.6. The Bertz CT molecular complexity index is 473. The van der Waals surface area contributed by atoms with Gasteiger partial charge in [-0.15, -0.1) is 0 Å². The molecule has 0 aliphatic rings. The molecule has 2 amide bonds. The highest BCUT2D eigenvalue weighted by Gasteiger charge is 2.38. The maximum Gasteiger partial charge on any atom is 0.329 e. The zero-order valence-corrected chi connectivity index (χ0v) is 16.9. The number of carbonyl (C=O) groups is 3. The van der Waals surface area contributed by atoms with Crippen molar-refractivity contribution in [3.8, 4) is 0 Å².